The maximum atomic E-state index is 13.4. The highest BCUT2D eigenvalue weighted by atomic mass is 19.1. The second-order valence-electron chi connectivity index (χ2n) is 7.16. The first-order valence-electron chi connectivity index (χ1n) is 9.28. The zero-order chi connectivity index (χ0) is 20.0. The Kier molecular flexibility index (Phi) is 7.74. The largest absolute Gasteiger partial charge is 0.450 e. The minimum atomic E-state index is -1.01. The highest BCUT2D eigenvalue weighted by Gasteiger charge is 2.30. The molecule has 27 heavy (non-hydrogen) atoms. The first-order chi connectivity index (χ1) is 12.8. The van der Waals surface area contributed by atoms with Crippen molar-refractivity contribution in [3.63, 3.8) is 0 Å². The normalized spacial score (nSPS) is 19.0. The molecule has 150 valence electrons. The second kappa shape index (κ2) is 9.80. The maximum absolute atomic E-state index is 13.4. The van der Waals surface area contributed by atoms with Crippen LogP contribution in [0.2, 0.25) is 0 Å². The van der Waals surface area contributed by atoms with E-state index in [1.54, 1.807) is 33.8 Å². The lowest BCUT2D eigenvalue weighted by atomic mass is 10.1. The molecule has 1 fully saturated rings. The van der Waals surface area contributed by atoms with Gasteiger partial charge in [0.2, 0.25) is 0 Å². The van der Waals surface area contributed by atoms with E-state index in [-0.39, 0.29) is 12.0 Å². The number of halogens is 1. The van der Waals surface area contributed by atoms with Crippen molar-refractivity contribution >= 4 is 17.6 Å². The summed E-state index contributed by atoms with van der Waals surface area (Å²) >= 11 is 0. The van der Waals surface area contributed by atoms with Gasteiger partial charge in [-0.25, -0.2) is 9.18 Å². The summed E-state index contributed by atoms with van der Waals surface area (Å²) in [7, 11) is 0. The van der Waals surface area contributed by atoms with Crippen molar-refractivity contribution in [2.75, 3.05) is 18.5 Å². The van der Waals surface area contributed by atoms with Crippen molar-refractivity contribution in [3.8, 4) is 0 Å². The van der Waals surface area contributed by atoms with Gasteiger partial charge in [0.1, 0.15) is 5.82 Å². The van der Waals surface area contributed by atoms with Crippen LogP contribution in [0.5, 0.6) is 0 Å². The van der Waals surface area contributed by atoms with Crippen LogP contribution in [0, 0.1) is 18.7 Å². The molecule has 1 aliphatic heterocycles. The second-order valence-corrected chi connectivity index (χ2v) is 7.16. The molecule has 0 bridgehead atoms. The van der Waals surface area contributed by atoms with Gasteiger partial charge >= 0.3 is 5.97 Å². The number of esters is 1. The lowest BCUT2D eigenvalue weighted by Crippen LogP contribution is -2.40. The van der Waals surface area contributed by atoms with Crippen molar-refractivity contribution in [2.24, 2.45) is 5.92 Å². The molecule has 3 atom stereocenters. The van der Waals surface area contributed by atoms with Gasteiger partial charge in [0.25, 0.3) is 5.91 Å². The molecule has 0 radical (unpaired) electrons. The summed E-state index contributed by atoms with van der Waals surface area (Å²) in [6.45, 7) is 7.91. The number of hydrogen-bond acceptors (Lipinski definition) is 5. The fraction of sp³-hybridized carbons (Fsp3) is 0.600. The van der Waals surface area contributed by atoms with E-state index in [9.17, 15) is 14.0 Å². The molecule has 1 aliphatic rings. The van der Waals surface area contributed by atoms with Crippen LogP contribution in [0.15, 0.2) is 18.2 Å². The monoisotopic (exact) mass is 381 g/mol. The zero-order valence-corrected chi connectivity index (χ0v) is 16.3. The maximum Gasteiger partial charge on any atom is 0.335 e. The molecule has 0 saturated carbocycles. The minimum absolute atomic E-state index is 0.000367. The van der Waals surface area contributed by atoms with Gasteiger partial charge < -0.3 is 19.5 Å². The third kappa shape index (κ3) is 6.29. The van der Waals surface area contributed by atoms with Crippen LogP contribution in [0.1, 0.15) is 39.2 Å². The fourth-order valence-corrected chi connectivity index (χ4v) is 2.74. The van der Waals surface area contributed by atoms with Crippen molar-refractivity contribution in [3.05, 3.63) is 29.6 Å². The Labute approximate surface area is 159 Å². The quantitative estimate of drug-likeness (QED) is 0.700. The SMILES string of the molecule is Cc1ccc(F)cc1NC(=O)C(OC(=O)C(C)OCC1CCCO1)C(C)C. The van der Waals surface area contributed by atoms with E-state index in [2.05, 4.69) is 5.32 Å². The molecule has 1 aromatic rings. The Morgan fingerprint density at radius 1 is 1.33 bits per heavy atom. The fourth-order valence-electron chi connectivity index (χ4n) is 2.74. The number of ether oxygens (including phenoxy) is 3. The third-order valence-electron chi connectivity index (χ3n) is 4.45. The van der Waals surface area contributed by atoms with E-state index >= 15 is 0 Å². The van der Waals surface area contributed by atoms with E-state index in [1.807, 2.05) is 0 Å². The van der Waals surface area contributed by atoms with E-state index in [0.29, 0.717) is 24.5 Å². The average molecular weight is 381 g/mol. The number of anilines is 1. The number of carbonyl (C=O) groups is 2. The van der Waals surface area contributed by atoms with Gasteiger partial charge in [0.15, 0.2) is 12.2 Å². The molecule has 1 saturated heterocycles. The first-order valence-corrected chi connectivity index (χ1v) is 9.28. The Morgan fingerprint density at radius 2 is 2.07 bits per heavy atom. The van der Waals surface area contributed by atoms with Crippen LogP contribution in [0.4, 0.5) is 10.1 Å². The molecular weight excluding hydrogens is 353 g/mol. The van der Waals surface area contributed by atoms with Gasteiger partial charge in [0, 0.05) is 12.3 Å². The molecule has 1 aromatic carbocycles. The Bertz CT molecular complexity index is 658. The van der Waals surface area contributed by atoms with Crippen LogP contribution in [0.3, 0.4) is 0 Å². The molecule has 0 spiro atoms. The van der Waals surface area contributed by atoms with Crippen molar-refractivity contribution < 1.29 is 28.2 Å². The zero-order valence-electron chi connectivity index (χ0n) is 16.3. The summed E-state index contributed by atoms with van der Waals surface area (Å²) in [5.41, 5.74) is 1.07. The van der Waals surface area contributed by atoms with Gasteiger partial charge in [-0.15, -0.1) is 0 Å². The van der Waals surface area contributed by atoms with Gasteiger partial charge in [-0.1, -0.05) is 19.9 Å². The number of amides is 1. The van der Waals surface area contributed by atoms with E-state index < -0.39 is 29.9 Å². The summed E-state index contributed by atoms with van der Waals surface area (Å²) in [4.78, 5) is 24.9. The van der Waals surface area contributed by atoms with Crippen LogP contribution in [-0.2, 0) is 23.8 Å². The summed E-state index contributed by atoms with van der Waals surface area (Å²) in [5, 5.41) is 2.64. The Hall–Kier alpha value is -1.99. The smallest absolute Gasteiger partial charge is 0.335 e. The molecule has 2 rings (SSSR count). The number of aryl methyl sites for hydroxylation is 1. The number of nitrogens with one attached hydrogen (secondary N) is 1. The molecule has 1 N–H and O–H groups in total. The molecular formula is C20H28FNO5. The van der Waals surface area contributed by atoms with Gasteiger partial charge in [-0.3, -0.25) is 4.79 Å². The van der Waals surface area contributed by atoms with Crippen molar-refractivity contribution in [1.29, 1.82) is 0 Å². The number of benzene rings is 1. The topological polar surface area (TPSA) is 73.9 Å². The van der Waals surface area contributed by atoms with Crippen LogP contribution in [0.25, 0.3) is 0 Å². The van der Waals surface area contributed by atoms with Crippen molar-refractivity contribution in [1.82, 2.24) is 0 Å². The molecule has 0 aromatic heterocycles. The molecule has 6 nitrogen and oxygen atoms in total. The lowest BCUT2D eigenvalue weighted by Gasteiger charge is -2.23. The van der Waals surface area contributed by atoms with E-state index in [0.717, 1.165) is 12.8 Å². The summed E-state index contributed by atoms with van der Waals surface area (Å²) in [6, 6.07) is 4.13. The predicted molar refractivity (Wildman–Crippen MR) is 98.9 cm³/mol. The van der Waals surface area contributed by atoms with Gasteiger partial charge in [-0.05, 0) is 50.3 Å². The van der Waals surface area contributed by atoms with Crippen LogP contribution < -0.4 is 5.32 Å². The summed E-state index contributed by atoms with van der Waals surface area (Å²) in [6.07, 6.45) is 0.0850. The Balaban J connectivity index is 1.93. The summed E-state index contributed by atoms with van der Waals surface area (Å²) < 4.78 is 29.8. The van der Waals surface area contributed by atoms with Gasteiger partial charge in [-0.2, -0.15) is 0 Å². The van der Waals surface area contributed by atoms with E-state index in [4.69, 9.17) is 14.2 Å². The predicted octanol–water partition coefficient (Wildman–Crippen LogP) is 3.22. The number of carbonyl (C=O) groups excluding carboxylic acids is 2. The highest BCUT2D eigenvalue weighted by Crippen LogP contribution is 2.19. The lowest BCUT2D eigenvalue weighted by molar-refractivity contribution is -0.168. The molecule has 1 heterocycles. The summed E-state index contributed by atoms with van der Waals surface area (Å²) in [5.74, 6) is -1.82. The number of rotatable bonds is 8. The molecule has 0 aliphatic carbocycles. The standard InChI is InChI=1S/C20H28FNO5/c1-12(2)18(19(23)22-17-10-15(21)8-7-13(17)3)27-20(24)14(4)26-11-16-6-5-9-25-16/h7-8,10,12,14,16,18H,5-6,9,11H2,1-4H3,(H,22,23). The molecule has 1 amide bonds. The van der Waals surface area contributed by atoms with Crippen LogP contribution >= 0.6 is 0 Å². The first kappa shape index (κ1) is 21.3. The van der Waals surface area contributed by atoms with Gasteiger partial charge in [0.05, 0.1) is 12.7 Å². The van der Waals surface area contributed by atoms with E-state index in [1.165, 1.54) is 12.1 Å². The molecule has 7 heteroatoms. The average Bonchev–Trinajstić information content (AvgIpc) is 3.13. The minimum Gasteiger partial charge on any atom is -0.450 e. The van der Waals surface area contributed by atoms with Crippen molar-refractivity contribution in [2.45, 2.75) is 58.8 Å². The highest BCUT2D eigenvalue weighted by molar-refractivity contribution is 5.96. The number of hydrogen-bond donors (Lipinski definition) is 1. The Morgan fingerprint density at radius 3 is 2.70 bits per heavy atom. The third-order valence-corrected chi connectivity index (χ3v) is 4.45. The van der Waals surface area contributed by atoms with Crippen LogP contribution in [-0.4, -0.2) is 43.4 Å². The molecule has 3 unspecified atom stereocenters.